The summed E-state index contributed by atoms with van der Waals surface area (Å²) in [7, 11) is 0. The van der Waals surface area contributed by atoms with Gasteiger partial charge in [0, 0.05) is 16.6 Å². The Balaban J connectivity index is 1.69. The van der Waals surface area contributed by atoms with Crippen LogP contribution in [0.15, 0.2) is 121 Å². The van der Waals surface area contributed by atoms with E-state index in [1.165, 1.54) is 0 Å². The quantitative estimate of drug-likeness (QED) is 0.293. The number of para-hydroxylation sites is 1. The highest BCUT2D eigenvalue weighted by molar-refractivity contribution is 6.30. The maximum atomic E-state index is 14.4. The summed E-state index contributed by atoms with van der Waals surface area (Å²) in [4.78, 5) is 18.9. The number of halogens is 1. The molecule has 34 heavy (non-hydrogen) atoms. The average molecular weight is 463 g/mol. The van der Waals surface area contributed by atoms with E-state index in [4.69, 9.17) is 11.6 Å². The molecule has 0 aliphatic carbocycles. The van der Waals surface area contributed by atoms with Crippen molar-refractivity contribution in [1.82, 2.24) is 4.98 Å². The van der Waals surface area contributed by atoms with Crippen LogP contribution in [-0.2, 0) is 16.6 Å². The van der Waals surface area contributed by atoms with Crippen molar-refractivity contribution in [2.75, 3.05) is 5.32 Å². The molecule has 4 aromatic carbocycles. The van der Waals surface area contributed by atoms with Crippen molar-refractivity contribution in [2.45, 2.75) is 11.8 Å². The van der Waals surface area contributed by atoms with Crippen LogP contribution in [-0.4, -0.2) is 10.9 Å². The number of hydrogen-bond acceptors (Lipinski definition) is 2. The normalized spacial score (nSPS) is 11.3. The van der Waals surface area contributed by atoms with Gasteiger partial charge in [-0.1, -0.05) is 103 Å². The van der Waals surface area contributed by atoms with Gasteiger partial charge in [-0.3, -0.25) is 9.78 Å². The first-order valence-electron chi connectivity index (χ1n) is 11.2. The third-order valence-corrected chi connectivity index (χ3v) is 6.44. The fourth-order valence-corrected chi connectivity index (χ4v) is 4.63. The Morgan fingerprint density at radius 1 is 0.735 bits per heavy atom. The van der Waals surface area contributed by atoms with Crippen molar-refractivity contribution in [2.24, 2.45) is 0 Å². The summed E-state index contributed by atoms with van der Waals surface area (Å²) in [5, 5.41) is 4.87. The highest BCUT2D eigenvalue weighted by atomic mass is 35.5. The van der Waals surface area contributed by atoms with Crippen molar-refractivity contribution in [3.8, 4) is 0 Å². The number of amides is 1. The lowest BCUT2D eigenvalue weighted by Crippen LogP contribution is -2.43. The van der Waals surface area contributed by atoms with Gasteiger partial charge in [-0.15, -0.1) is 0 Å². The standard InChI is InChI=1S/C30H23ClN2O/c31-26-18-16-22(17-19-26)21-30(24-11-3-1-4-12-24,25-13-5-2-6-14-25)29(34)33-27-15-7-9-23-10-8-20-32-28(23)27/h1-20H,21H2,(H,33,34). The van der Waals surface area contributed by atoms with Gasteiger partial charge in [-0.05, 0) is 47.4 Å². The van der Waals surface area contributed by atoms with Crippen LogP contribution in [0, 0.1) is 0 Å². The molecule has 0 atom stereocenters. The molecule has 0 aliphatic heterocycles. The molecule has 1 aromatic heterocycles. The number of nitrogens with one attached hydrogen (secondary N) is 1. The molecule has 1 N–H and O–H groups in total. The lowest BCUT2D eigenvalue weighted by Gasteiger charge is -2.34. The second kappa shape index (κ2) is 9.50. The Kier molecular flexibility index (Phi) is 6.11. The Labute approximate surface area is 204 Å². The van der Waals surface area contributed by atoms with Gasteiger partial charge >= 0.3 is 0 Å². The molecule has 4 heteroatoms. The SMILES string of the molecule is O=C(Nc1cccc2cccnc12)C(Cc1ccc(Cl)cc1)(c1ccccc1)c1ccccc1. The second-order valence-corrected chi connectivity index (χ2v) is 8.71. The first-order valence-corrected chi connectivity index (χ1v) is 11.6. The molecule has 0 radical (unpaired) electrons. The largest absolute Gasteiger partial charge is 0.323 e. The number of rotatable bonds is 6. The molecular weight excluding hydrogens is 440 g/mol. The molecule has 0 spiro atoms. The lowest BCUT2D eigenvalue weighted by atomic mass is 9.69. The zero-order valence-corrected chi connectivity index (χ0v) is 19.2. The Morgan fingerprint density at radius 2 is 1.35 bits per heavy atom. The van der Waals surface area contributed by atoms with E-state index in [-0.39, 0.29) is 5.91 Å². The van der Waals surface area contributed by atoms with Crippen LogP contribution in [0.4, 0.5) is 5.69 Å². The molecule has 3 nitrogen and oxygen atoms in total. The van der Waals surface area contributed by atoms with Crippen molar-refractivity contribution >= 4 is 34.1 Å². The molecule has 0 fully saturated rings. The number of nitrogens with zero attached hydrogens (tertiary/aromatic N) is 1. The predicted molar refractivity (Wildman–Crippen MR) is 139 cm³/mol. The number of anilines is 1. The molecule has 1 amide bonds. The number of carbonyl (C=O) groups is 1. The van der Waals surface area contributed by atoms with Crippen LogP contribution in [0.1, 0.15) is 16.7 Å². The zero-order valence-electron chi connectivity index (χ0n) is 18.5. The van der Waals surface area contributed by atoms with Crippen molar-refractivity contribution in [3.05, 3.63) is 143 Å². The van der Waals surface area contributed by atoms with E-state index >= 15 is 0 Å². The molecule has 0 saturated heterocycles. The van der Waals surface area contributed by atoms with Crippen LogP contribution in [0.2, 0.25) is 5.02 Å². The first-order chi connectivity index (χ1) is 16.7. The fraction of sp³-hybridized carbons (Fsp3) is 0.0667. The molecule has 0 aliphatic rings. The maximum absolute atomic E-state index is 14.4. The number of carbonyl (C=O) groups excluding carboxylic acids is 1. The summed E-state index contributed by atoms with van der Waals surface area (Å²) in [6.07, 6.45) is 2.22. The molecule has 0 unspecified atom stereocenters. The summed E-state index contributed by atoms with van der Waals surface area (Å²) >= 11 is 6.16. The molecule has 0 saturated carbocycles. The number of benzene rings is 4. The number of aromatic nitrogens is 1. The van der Waals surface area contributed by atoms with Gasteiger partial charge in [0.2, 0.25) is 5.91 Å². The summed E-state index contributed by atoms with van der Waals surface area (Å²) < 4.78 is 0. The molecule has 5 aromatic rings. The minimum Gasteiger partial charge on any atom is -0.323 e. The smallest absolute Gasteiger partial charge is 0.239 e. The Morgan fingerprint density at radius 3 is 2.00 bits per heavy atom. The highest BCUT2D eigenvalue weighted by Gasteiger charge is 2.42. The third kappa shape index (κ3) is 4.18. The summed E-state index contributed by atoms with van der Waals surface area (Å²) in [6.45, 7) is 0. The highest BCUT2D eigenvalue weighted by Crippen LogP contribution is 2.38. The van der Waals surface area contributed by atoms with Gasteiger partial charge in [0.05, 0.1) is 11.2 Å². The van der Waals surface area contributed by atoms with E-state index < -0.39 is 5.41 Å². The Hall–Kier alpha value is -3.95. The number of hydrogen-bond donors (Lipinski definition) is 1. The second-order valence-electron chi connectivity index (χ2n) is 8.28. The molecule has 166 valence electrons. The van der Waals surface area contributed by atoms with E-state index in [0.29, 0.717) is 17.1 Å². The number of pyridine rings is 1. The van der Waals surface area contributed by atoms with Crippen LogP contribution in [0.5, 0.6) is 0 Å². The van der Waals surface area contributed by atoms with E-state index in [2.05, 4.69) is 10.3 Å². The van der Waals surface area contributed by atoms with E-state index in [0.717, 1.165) is 27.6 Å². The van der Waals surface area contributed by atoms with Crippen LogP contribution in [0.25, 0.3) is 10.9 Å². The minimum atomic E-state index is -0.965. The number of fused-ring (bicyclic) bond motifs is 1. The fourth-order valence-electron chi connectivity index (χ4n) is 4.50. The van der Waals surface area contributed by atoms with Gasteiger partial charge in [0.25, 0.3) is 0 Å². The summed E-state index contributed by atoms with van der Waals surface area (Å²) in [5.41, 5.74) is 3.34. The maximum Gasteiger partial charge on any atom is 0.239 e. The van der Waals surface area contributed by atoms with Gasteiger partial charge in [-0.2, -0.15) is 0 Å². The summed E-state index contributed by atoms with van der Waals surface area (Å²) in [5.74, 6) is -0.113. The minimum absolute atomic E-state index is 0.113. The molecule has 0 bridgehead atoms. The zero-order chi connectivity index (χ0) is 23.4. The molecular formula is C30H23ClN2O. The van der Waals surface area contributed by atoms with E-state index in [1.807, 2.05) is 115 Å². The van der Waals surface area contributed by atoms with Crippen LogP contribution >= 0.6 is 11.6 Å². The third-order valence-electron chi connectivity index (χ3n) is 6.18. The van der Waals surface area contributed by atoms with E-state index in [1.54, 1.807) is 6.20 Å². The van der Waals surface area contributed by atoms with Crippen molar-refractivity contribution < 1.29 is 4.79 Å². The van der Waals surface area contributed by atoms with Crippen molar-refractivity contribution in [1.29, 1.82) is 0 Å². The van der Waals surface area contributed by atoms with Gasteiger partial charge in [0.1, 0.15) is 5.41 Å². The van der Waals surface area contributed by atoms with Crippen LogP contribution in [0.3, 0.4) is 0 Å². The van der Waals surface area contributed by atoms with Crippen LogP contribution < -0.4 is 5.32 Å². The van der Waals surface area contributed by atoms with E-state index in [9.17, 15) is 4.79 Å². The Bertz CT molecular complexity index is 1370. The first kappa shape index (κ1) is 21.9. The van der Waals surface area contributed by atoms with Gasteiger partial charge < -0.3 is 5.32 Å². The molecule has 1 heterocycles. The average Bonchev–Trinajstić information content (AvgIpc) is 2.89. The van der Waals surface area contributed by atoms with Gasteiger partial charge in [0.15, 0.2) is 0 Å². The van der Waals surface area contributed by atoms with Gasteiger partial charge in [-0.25, -0.2) is 0 Å². The molecule has 5 rings (SSSR count). The predicted octanol–water partition coefficient (Wildman–Crippen LogP) is 7.06. The monoisotopic (exact) mass is 462 g/mol. The topological polar surface area (TPSA) is 42.0 Å². The summed E-state index contributed by atoms with van der Waals surface area (Å²) in [6, 6.07) is 37.3. The van der Waals surface area contributed by atoms with Crippen molar-refractivity contribution in [3.63, 3.8) is 0 Å². The lowest BCUT2D eigenvalue weighted by molar-refractivity contribution is -0.120.